The van der Waals surface area contributed by atoms with E-state index in [0.29, 0.717) is 5.75 Å². The summed E-state index contributed by atoms with van der Waals surface area (Å²) in [5, 5.41) is 25.4. The van der Waals surface area contributed by atoms with Crippen molar-refractivity contribution in [1.82, 2.24) is 0 Å². The number of hydrogen-bond donors (Lipinski definition) is 3. The van der Waals surface area contributed by atoms with E-state index in [1.54, 1.807) is 6.07 Å². The highest BCUT2D eigenvalue weighted by atomic mass is 16.5. The summed E-state index contributed by atoms with van der Waals surface area (Å²) in [5.41, 5.74) is 1.12. The van der Waals surface area contributed by atoms with Crippen molar-refractivity contribution in [3.05, 3.63) is 23.8 Å². The molecule has 5 nitrogen and oxygen atoms in total. The lowest BCUT2D eigenvalue weighted by atomic mass is 10.1. The van der Waals surface area contributed by atoms with Crippen molar-refractivity contribution in [2.24, 2.45) is 0 Å². The number of unbranched alkanes of at least 4 members (excludes halogenated alkanes) is 1. The fourth-order valence-corrected chi connectivity index (χ4v) is 1.32. The number of carboxylic acid groups (broad SMARTS) is 1. The lowest BCUT2D eigenvalue weighted by molar-refractivity contribution is -0.134. The topological polar surface area (TPSA) is 87.0 Å². The third kappa shape index (κ3) is 7.51. The zero-order valence-corrected chi connectivity index (χ0v) is 10.7. The molecule has 0 aliphatic rings. The molecule has 0 atom stereocenters. The summed E-state index contributed by atoms with van der Waals surface area (Å²) in [7, 11) is 1.53. The largest absolute Gasteiger partial charge is 0.504 e. The van der Waals surface area contributed by atoms with Crippen LogP contribution in [0.1, 0.15) is 25.3 Å². The van der Waals surface area contributed by atoms with Crippen molar-refractivity contribution in [2.45, 2.75) is 26.2 Å². The predicted molar refractivity (Wildman–Crippen MR) is 68.0 cm³/mol. The van der Waals surface area contributed by atoms with E-state index in [0.717, 1.165) is 31.7 Å². The van der Waals surface area contributed by atoms with Gasteiger partial charge in [0.15, 0.2) is 11.5 Å². The van der Waals surface area contributed by atoms with E-state index in [4.69, 9.17) is 19.7 Å². The number of aryl methyl sites for hydroxylation is 1. The number of phenolic OH excluding ortho intramolecular Hbond substituents is 1. The van der Waals surface area contributed by atoms with E-state index in [2.05, 4.69) is 0 Å². The Bertz CT molecular complexity index is 358. The molecule has 0 heterocycles. The molecule has 0 saturated heterocycles. The van der Waals surface area contributed by atoms with Crippen LogP contribution in [0.3, 0.4) is 0 Å². The van der Waals surface area contributed by atoms with Crippen molar-refractivity contribution in [3.63, 3.8) is 0 Å². The molecule has 0 unspecified atom stereocenters. The summed E-state index contributed by atoms with van der Waals surface area (Å²) in [6.07, 6.45) is 2.66. The van der Waals surface area contributed by atoms with Crippen LogP contribution >= 0.6 is 0 Å². The van der Waals surface area contributed by atoms with E-state index in [1.807, 2.05) is 12.1 Å². The first kappa shape index (κ1) is 16.2. The Morgan fingerprint density at radius 3 is 2.44 bits per heavy atom. The number of aliphatic hydroxyl groups is 1. The molecule has 0 aliphatic heterocycles. The summed E-state index contributed by atoms with van der Waals surface area (Å²) < 4.78 is 4.99. The fourth-order valence-electron chi connectivity index (χ4n) is 1.32. The smallest absolute Gasteiger partial charge is 0.300 e. The van der Waals surface area contributed by atoms with E-state index < -0.39 is 5.97 Å². The first-order valence-electron chi connectivity index (χ1n) is 5.67. The molecule has 0 spiro atoms. The Balaban J connectivity index is 0.000000631. The second kappa shape index (κ2) is 9.30. The minimum atomic E-state index is -0.833. The molecule has 1 aromatic carbocycles. The number of ether oxygens (including phenoxy) is 1. The van der Waals surface area contributed by atoms with E-state index in [9.17, 15) is 5.11 Å². The normalized spacial score (nSPS) is 9.28. The minimum absolute atomic E-state index is 0.165. The molecule has 0 saturated carbocycles. The quantitative estimate of drug-likeness (QED) is 0.699. The van der Waals surface area contributed by atoms with Crippen molar-refractivity contribution < 1.29 is 24.9 Å². The molecule has 3 N–H and O–H groups in total. The number of carboxylic acids is 1. The van der Waals surface area contributed by atoms with Gasteiger partial charge in [-0.05, 0) is 37.0 Å². The fraction of sp³-hybridized carbons (Fsp3) is 0.462. The number of hydrogen-bond acceptors (Lipinski definition) is 4. The highest BCUT2D eigenvalue weighted by Crippen LogP contribution is 2.26. The third-order valence-electron chi connectivity index (χ3n) is 2.12. The standard InChI is InChI=1S/C11H16O3.C2H4O2/c1-14-11-8-9(4-2-3-7-12)5-6-10(11)13;1-2(3)4/h5-6,8,12-13H,2-4,7H2,1H3;1H3,(H,3,4). The van der Waals surface area contributed by atoms with Gasteiger partial charge in [0, 0.05) is 13.5 Å². The molecule has 0 bridgehead atoms. The highest BCUT2D eigenvalue weighted by molar-refractivity contribution is 5.62. The first-order valence-corrected chi connectivity index (χ1v) is 5.67. The molecule has 0 aromatic heterocycles. The molecular weight excluding hydrogens is 236 g/mol. The molecule has 0 radical (unpaired) electrons. The Morgan fingerprint density at radius 2 is 1.94 bits per heavy atom. The van der Waals surface area contributed by atoms with Crippen LogP contribution in [0.4, 0.5) is 0 Å². The average molecular weight is 256 g/mol. The first-order chi connectivity index (χ1) is 8.51. The molecule has 18 heavy (non-hydrogen) atoms. The SMILES string of the molecule is CC(=O)O.COc1cc(CCCCO)ccc1O. The maximum Gasteiger partial charge on any atom is 0.300 e. The van der Waals surface area contributed by atoms with Gasteiger partial charge in [-0.2, -0.15) is 0 Å². The predicted octanol–water partition coefficient (Wildman–Crippen LogP) is 1.81. The van der Waals surface area contributed by atoms with Gasteiger partial charge in [-0.3, -0.25) is 4.79 Å². The van der Waals surface area contributed by atoms with Crippen LogP contribution < -0.4 is 4.74 Å². The minimum Gasteiger partial charge on any atom is -0.504 e. The summed E-state index contributed by atoms with van der Waals surface area (Å²) in [4.78, 5) is 9.00. The van der Waals surface area contributed by atoms with Crippen molar-refractivity contribution in [3.8, 4) is 11.5 Å². The molecule has 0 fully saturated rings. The molecule has 0 aliphatic carbocycles. The monoisotopic (exact) mass is 256 g/mol. The van der Waals surface area contributed by atoms with Gasteiger partial charge in [-0.1, -0.05) is 6.07 Å². The van der Waals surface area contributed by atoms with Crippen LogP contribution in [-0.2, 0) is 11.2 Å². The number of aromatic hydroxyl groups is 1. The number of methoxy groups -OCH3 is 1. The zero-order valence-electron chi connectivity index (χ0n) is 10.7. The van der Waals surface area contributed by atoms with Crippen molar-refractivity contribution >= 4 is 5.97 Å². The Kier molecular flexibility index (Phi) is 8.39. The lowest BCUT2D eigenvalue weighted by Crippen LogP contribution is -1.90. The molecular formula is C13H20O5. The molecule has 102 valence electrons. The van der Waals surface area contributed by atoms with Gasteiger partial charge in [0.05, 0.1) is 7.11 Å². The maximum absolute atomic E-state index is 9.34. The van der Waals surface area contributed by atoms with E-state index >= 15 is 0 Å². The molecule has 1 aromatic rings. The number of aliphatic hydroxyl groups excluding tert-OH is 1. The Morgan fingerprint density at radius 1 is 1.33 bits per heavy atom. The van der Waals surface area contributed by atoms with Crippen molar-refractivity contribution in [2.75, 3.05) is 13.7 Å². The number of aliphatic carboxylic acids is 1. The second-order valence-corrected chi connectivity index (χ2v) is 3.71. The molecule has 0 amide bonds. The number of phenols is 1. The molecule has 1 rings (SSSR count). The summed E-state index contributed by atoms with van der Waals surface area (Å²) in [6, 6.07) is 5.33. The zero-order chi connectivity index (χ0) is 14.0. The van der Waals surface area contributed by atoms with Gasteiger partial charge < -0.3 is 20.1 Å². The second-order valence-electron chi connectivity index (χ2n) is 3.71. The summed E-state index contributed by atoms with van der Waals surface area (Å²) in [6.45, 7) is 1.31. The van der Waals surface area contributed by atoms with Gasteiger partial charge in [-0.15, -0.1) is 0 Å². The highest BCUT2D eigenvalue weighted by Gasteiger charge is 2.01. The number of carbonyl (C=O) groups is 1. The average Bonchev–Trinajstić information content (AvgIpc) is 2.31. The third-order valence-corrected chi connectivity index (χ3v) is 2.12. The van der Waals surface area contributed by atoms with Gasteiger partial charge in [0.2, 0.25) is 0 Å². The Labute approximate surface area is 107 Å². The maximum atomic E-state index is 9.34. The Hall–Kier alpha value is -1.75. The van der Waals surface area contributed by atoms with Gasteiger partial charge >= 0.3 is 0 Å². The van der Waals surface area contributed by atoms with Crippen LogP contribution in [0.15, 0.2) is 18.2 Å². The lowest BCUT2D eigenvalue weighted by Gasteiger charge is -2.06. The van der Waals surface area contributed by atoms with Crippen LogP contribution in [0, 0.1) is 0 Å². The van der Waals surface area contributed by atoms with Crippen LogP contribution in [0.25, 0.3) is 0 Å². The van der Waals surface area contributed by atoms with Gasteiger partial charge in [0.25, 0.3) is 5.97 Å². The van der Waals surface area contributed by atoms with E-state index in [1.165, 1.54) is 7.11 Å². The van der Waals surface area contributed by atoms with Gasteiger partial charge in [-0.25, -0.2) is 0 Å². The summed E-state index contributed by atoms with van der Waals surface area (Å²) >= 11 is 0. The number of benzene rings is 1. The van der Waals surface area contributed by atoms with Crippen LogP contribution in [0.2, 0.25) is 0 Å². The molecule has 5 heteroatoms. The van der Waals surface area contributed by atoms with Crippen LogP contribution in [0.5, 0.6) is 11.5 Å². The van der Waals surface area contributed by atoms with Crippen molar-refractivity contribution in [1.29, 1.82) is 0 Å². The van der Waals surface area contributed by atoms with E-state index in [-0.39, 0.29) is 12.4 Å². The number of rotatable bonds is 5. The summed E-state index contributed by atoms with van der Waals surface area (Å²) in [5.74, 6) is -0.162. The van der Waals surface area contributed by atoms with Crippen LogP contribution in [-0.4, -0.2) is 35.0 Å². The van der Waals surface area contributed by atoms with Gasteiger partial charge in [0.1, 0.15) is 0 Å².